The lowest BCUT2D eigenvalue weighted by molar-refractivity contribution is -0.765. The number of primary amides is 1. The van der Waals surface area contributed by atoms with Crippen LogP contribution in [0.4, 0.5) is 4.39 Å². The Balaban J connectivity index is 1.42. The van der Waals surface area contributed by atoms with Crippen LogP contribution in [0.15, 0.2) is 42.7 Å². The van der Waals surface area contributed by atoms with Crippen LogP contribution in [0.1, 0.15) is 34.7 Å². The van der Waals surface area contributed by atoms with Gasteiger partial charge >= 0.3 is 7.82 Å². The van der Waals surface area contributed by atoms with E-state index in [1.165, 1.54) is 41.2 Å². The molecule has 2 aliphatic heterocycles. The van der Waals surface area contributed by atoms with Crippen LogP contribution in [0.3, 0.4) is 0 Å². The van der Waals surface area contributed by atoms with E-state index >= 15 is 0 Å². The van der Waals surface area contributed by atoms with E-state index in [0.717, 1.165) is 6.07 Å². The minimum Gasteiger partial charge on any atom is -0.387 e. The zero-order chi connectivity index (χ0) is 23.8. The van der Waals surface area contributed by atoms with Crippen LogP contribution in [0.5, 0.6) is 0 Å². The molecule has 2 aromatic rings. The van der Waals surface area contributed by atoms with Gasteiger partial charge < -0.3 is 20.7 Å². The molecule has 33 heavy (non-hydrogen) atoms. The van der Waals surface area contributed by atoms with Gasteiger partial charge in [0.1, 0.15) is 23.6 Å². The van der Waals surface area contributed by atoms with Crippen molar-refractivity contribution in [3.63, 3.8) is 0 Å². The quantitative estimate of drug-likeness (QED) is 0.400. The number of hydrogen-bond donors (Lipinski definition) is 3. The lowest BCUT2D eigenvalue weighted by Gasteiger charge is -2.29. The first-order valence-corrected chi connectivity index (χ1v) is 11.8. The molecule has 4 rings (SSSR count). The number of phosphoric ester groups is 1. The topological polar surface area (TPSA) is 141 Å². The number of amides is 1. The number of benzene rings is 1. The number of pyridine rings is 1. The predicted octanol–water partition coefficient (Wildman–Crippen LogP) is 1.79. The largest absolute Gasteiger partial charge is 0.475 e. The first kappa shape index (κ1) is 24.2. The third-order valence-corrected chi connectivity index (χ3v) is 6.97. The number of halogens is 2. The number of carbonyl (C=O) groups is 1. The van der Waals surface area contributed by atoms with Crippen LogP contribution in [0, 0.1) is 5.82 Å². The number of aliphatic hydroxyl groups is 2. The molecule has 2 aliphatic rings. The molecule has 13 heteroatoms. The predicted molar refractivity (Wildman–Crippen MR) is 110 cm³/mol. The SMILES string of the molecule is NC(=O)c1ccc[n+]([C@@H]2OC(COP3(=O)OCCC(c4cc(F)cc(Cl)c4)O3)[C@@H](O)[C@H]2O)c1. The second kappa shape index (κ2) is 9.73. The minimum absolute atomic E-state index is 0.0190. The van der Waals surface area contributed by atoms with Gasteiger partial charge in [-0.25, -0.2) is 8.96 Å². The van der Waals surface area contributed by atoms with Gasteiger partial charge in [0.25, 0.3) is 12.1 Å². The standard InChI is InChI=1S/C20H21ClFN2O8P/c21-13-6-12(7-14(22)8-13)15-3-5-29-33(28,32-15)30-10-16-17(25)18(26)20(31-16)24-4-1-2-11(9-24)19(23)27/h1-2,4,6-9,15-18,20,25-26H,3,5,10H2,(H-,23,27)/p+1/t15?,16?,17-,18-,20-,33?/m1/s1. The van der Waals surface area contributed by atoms with Crippen molar-refractivity contribution < 1.29 is 46.8 Å². The molecule has 4 N–H and O–H groups in total. The van der Waals surface area contributed by atoms with Crippen molar-refractivity contribution in [2.45, 2.75) is 37.1 Å². The highest BCUT2D eigenvalue weighted by molar-refractivity contribution is 7.48. The molecular weight excluding hydrogens is 482 g/mol. The van der Waals surface area contributed by atoms with Gasteiger partial charge in [-0.15, -0.1) is 0 Å². The third-order valence-electron chi connectivity index (χ3n) is 5.28. The molecule has 1 aromatic heterocycles. The monoisotopic (exact) mass is 503 g/mol. The molecule has 0 radical (unpaired) electrons. The smallest absolute Gasteiger partial charge is 0.387 e. The first-order chi connectivity index (χ1) is 15.6. The molecular formula is C20H22ClFN2O8P+. The Morgan fingerprint density at radius 1 is 1.33 bits per heavy atom. The molecule has 0 spiro atoms. The molecule has 6 atom stereocenters. The summed E-state index contributed by atoms with van der Waals surface area (Å²) in [7, 11) is -4.08. The Kier molecular flexibility index (Phi) is 7.13. The lowest BCUT2D eigenvalue weighted by atomic mass is 10.1. The Hall–Kier alpha value is -1.95. The van der Waals surface area contributed by atoms with E-state index in [4.69, 9.17) is 35.6 Å². The molecule has 10 nitrogen and oxygen atoms in total. The average Bonchev–Trinajstić information content (AvgIpc) is 3.06. The fraction of sp³-hybridized carbons (Fsp3) is 0.400. The van der Waals surface area contributed by atoms with Gasteiger partial charge in [0, 0.05) is 17.5 Å². The number of hydrogen-bond acceptors (Lipinski definition) is 8. The number of aromatic nitrogens is 1. The summed E-state index contributed by atoms with van der Waals surface area (Å²) in [6, 6.07) is 6.87. The number of rotatable bonds is 6. The molecule has 3 heterocycles. The van der Waals surface area contributed by atoms with Crippen molar-refractivity contribution >= 4 is 25.3 Å². The molecule has 0 saturated carbocycles. The highest BCUT2D eigenvalue weighted by Crippen LogP contribution is 2.57. The second-order valence-corrected chi connectivity index (χ2v) is 9.67. The first-order valence-electron chi connectivity index (χ1n) is 10.0. The zero-order valence-electron chi connectivity index (χ0n) is 17.1. The minimum atomic E-state index is -4.08. The Labute approximate surface area is 193 Å². The molecule has 178 valence electrons. The summed E-state index contributed by atoms with van der Waals surface area (Å²) in [5, 5.41) is 21.0. The van der Waals surface area contributed by atoms with Crippen molar-refractivity contribution in [2.24, 2.45) is 5.73 Å². The number of nitrogens with two attached hydrogens (primary N) is 1. The number of aliphatic hydroxyl groups excluding tert-OH is 2. The maximum Gasteiger partial charge on any atom is 0.475 e. The molecule has 1 aromatic carbocycles. The number of phosphoric acid groups is 1. The van der Waals surface area contributed by atoms with E-state index in [9.17, 15) is 24.0 Å². The number of nitrogens with zero attached hydrogens (tertiary/aromatic N) is 1. The summed E-state index contributed by atoms with van der Waals surface area (Å²) in [6.45, 7) is -0.413. The normalized spacial score (nSPS) is 32.1. The molecule has 1 amide bonds. The van der Waals surface area contributed by atoms with Crippen LogP contribution in [0.25, 0.3) is 0 Å². The fourth-order valence-corrected chi connectivity index (χ4v) is 5.27. The van der Waals surface area contributed by atoms with Crippen LogP contribution < -0.4 is 10.3 Å². The highest BCUT2D eigenvalue weighted by Gasteiger charge is 2.49. The number of carbonyl (C=O) groups excluding carboxylic acids is 1. The molecule has 2 fully saturated rings. The highest BCUT2D eigenvalue weighted by atomic mass is 35.5. The van der Waals surface area contributed by atoms with E-state index in [2.05, 4.69) is 0 Å². The fourth-order valence-electron chi connectivity index (χ4n) is 3.64. The van der Waals surface area contributed by atoms with Crippen molar-refractivity contribution in [1.82, 2.24) is 0 Å². The van der Waals surface area contributed by atoms with Gasteiger partial charge in [-0.1, -0.05) is 11.6 Å². The molecule has 3 unspecified atom stereocenters. The Morgan fingerprint density at radius 2 is 2.12 bits per heavy atom. The van der Waals surface area contributed by atoms with Gasteiger partial charge in [0.05, 0.1) is 19.3 Å². The number of ether oxygens (including phenoxy) is 1. The summed E-state index contributed by atoms with van der Waals surface area (Å²) in [4.78, 5) is 11.4. The van der Waals surface area contributed by atoms with E-state index in [1.54, 1.807) is 0 Å². The summed E-state index contributed by atoms with van der Waals surface area (Å²) in [6.07, 6.45) is -2.49. The van der Waals surface area contributed by atoms with Gasteiger partial charge in [0.15, 0.2) is 18.5 Å². The Morgan fingerprint density at radius 3 is 2.85 bits per heavy atom. The summed E-state index contributed by atoms with van der Waals surface area (Å²) < 4.78 is 49.7. The van der Waals surface area contributed by atoms with Crippen LogP contribution >= 0.6 is 19.4 Å². The average molecular weight is 504 g/mol. The Bertz CT molecular complexity index is 1070. The van der Waals surface area contributed by atoms with E-state index in [-0.39, 0.29) is 17.2 Å². The van der Waals surface area contributed by atoms with E-state index < -0.39 is 56.8 Å². The second-order valence-electron chi connectivity index (χ2n) is 7.61. The molecule has 0 aliphatic carbocycles. The lowest BCUT2D eigenvalue weighted by Crippen LogP contribution is -2.46. The van der Waals surface area contributed by atoms with Crippen molar-refractivity contribution in [1.29, 1.82) is 0 Å². The van der Waals surface area contributed by atoms with E-state index in [0.29, 0.717) is 12.0 Å². The third kappa shape index (κ3) is 5.42. The maximum absolute atomic E-state index is 13.7. The van der Waals surface area contributed by atoms with Gasteiger partial charge in [0.2, 0.25) is 0 Å². The van der Waals surface area contributed by atoms with Crippen molar-refractivity contribution in [2.75, 3.05) is 13.2 Å². The van der Waals surface area contributed by atoms with Crippen LogP contribution in [-0.2, 0) is 22.9 Å². The van der Waals surface area contributed by atoms with E-state index in [1.807, 2.05) is 0 Å². The van der Waals surface area contributed by atoms with Crippen molar-refractivity contribution in [3.8, 4) is 0 Å². The molecule has 0 bridgehead atoms. The molecule has 2 saturated heterocycles. The zero-order valence-corrected chi connectivity index (χ0v) is 18.8. The maximum atomic E-state index is 13.7. The van der Waals surface area contributed by atoms with Gasteiger partial charge in [-0.05, 0) is 29.8 Å². The summed E-state index contributed by atoms with van der Waals surface area (Å²) in [5.74, 6) is -1.24. The summed E-state index contributed by atoms with van der Waals surface area (Å²) in [5.41, 5.74) is 5.83. The summed E-state index contributed by atoms with van der Waals surface area (Å²) >= 11 is 5.89. The van der Waals surface area contributed by atoms with Gasteiger partial charge in [-0.3, -0.25) is 18.4 Å². The van der Waals surface area contributed by atoms with Crippen molar-refractivity contribution in [3.05, 3.63) is 64.7 Å². The van der Waals surface area contributed by atoms with Gasteiger partial charge in [-0.2, -0.15) is 4.57 Å². The van der Waals surface area contributed by atoms with Crippen LogP contribution in [-0.4, -0.2) is 47.6 Å². The van der Waals surface area contributed by atoms with Crippen LogP contribution in [0.2, 0.25) is 5.02 Å².